The average molecular weight is 398 g/mol. The highest BCUT2D eigenvalue weighted by Crippen LogP contribution is 2.36. The van der Waals surface area contributed by atoms with E-state index in [1.807, 2.05) is 0 Å². The Kier molecular flexibility index (Phi) is 6.06. The molecule has 0 unspecified atom stereocenters. The number of aromatic nitrogens is 1. The van der Waals surface area contributed by atoms with Crippen LogP contribution in [-0.2, 0) is 22.4 Å². The molecule has 150 valence electrons. The van der Waals surface area contributed by atoms with E-state index in [-0.39, 0.29) is 5.56 Å². The Hall–Kier alpha value is -2.97. The number of nitrogens with zero attached hydrogens (tertiary/aromatic N) is 1. The maximum Gasteiger partial charge on any atom is 0.418 e. The Morgan fingerprint density at radius 1 is 1.14 bits per heavy atom. The SMILES string of the molecule is CC(C)(C(=O)O)C(=O)N[C@@H](c1ccc(CF)cc1)c1ncccc1C(F)(F)F. The Labute approximate surface area is 158 Å². The number of benzene rings is 1. The van der Waals surface area contributed by atoms with Crippen LogP contribution in [-0.4, -0.2) is 22.0 Å². The van der Waals surface area contributed by atoms with Crippen LogP contribution in [0.5, 0.6) is 0 Å². The molecule has 5 nitrogen and oxygen atoms in total. The molecule has 0 saturated carbocycles. The van der Waals surface area contributed by atoms with Gasteiger partial charge in [-0.05, 0) is 37.1 Å². The minimum absolute atomic E-state index is 0.205. The fourth-order valence-corrected chi connectivity index (χ4v) is 2.40. The van der Waals surface area contributed by atoms with Crippen LogP contribution < -0.4 is 5.32 Å². The number of carbonyl (C=O) groups is 2. The molecule has 0 spiro atoms. The lowest BCUT2D eigenvalue weighted by Gasteiger charge is -2.26. The molecule has 0 aliphatic heterocycles. The van der Waals surface area contributed by atoms with Crippen molar-refractivity contribution in [1.29, 1.82) is 0 Å². The van der Waals surface area contributed by atoms with Crippen LogP contribution >= 0.6 is 0 Å². The van der Waals surface area contributed by atoms with E-state index in [1.165, 1.54) is 24.3 Å². The predicted octanol–water partition coefficient (Wildman–Crippen LogP) is 3.89. The van der Waals surface area contributed by atoms with Crippen LogP contribution in [0.3, 0.4) is 0 Å². The molecule has 1 aromatic carbocycles. The molecule has 2 aromatic rings. The molecule has 0 aliphatic carbocycles. The van der Waals surface area contributed by atoms with E-state index in [0.29, 0.717) is 5.56 Å². The number of amides is 1. The summed E-state index contributed by atoms with van der Waals surface area (Å²) in [6.45, 7) is 1.51. The fraction of sp³-hybridized carbons (Fsp3) is 0.316. The van der Waals surface area contributed by atoms with Gasteiger partial charge in [0.2, 0.25) is 5.91 Å². The molecule has 0 bridgehead atoms. The van der Waals surface area contributed by atoms with Crippen molar-refractivity contribution < 1.29 is 32.3 Å². The van der Waals surface area contributed by atoms with Gasteiger partial charge < -0.3 is 10.4 Å². The quantitative estimate of drug-likeness (QED) is 0.572. The van der Waals surface area contributed by atoms with Crippen molar-refractivity contribution in [1.82, 2.24) is 10.3 Å². The molecule has 28 heavy (non-hydrogen) atoms. The van der Waals surface area contributed by atoms with Crippen molar-refractivity contribution in [2.24, 2.45) is 5.41 Å². The molecule has 1 atom stereocenters. The summed E-state index contributed by atoms with van der Waals surface area (Å²) in [5.74, 6) is -2.42. The first-order chi connectivity index (χ1) is 13.0. The van der Waals surface area contributed by atoms with Crippen molar-refractivity contribution in [3.05, 3.63) is 65.0 Å². The van der Waals surface area contributed by atoms with Gasteiger partial charge in [0, 0.05) is 6.20 Å². The van der Waals surface area contributed by atoms with E-state index in [1.54, 1.807) is 0 Å². The van der Waals surface area contributed by atoms with Gasteiger partial charge in [-0.1, -0.05) is 24.3 Å². The van der Waals surface area contributed by atoms with Crippen LogP contribution in [0.1, 0.15) is 42.3 Å². The molecule has 2 rings (SSSR count). The zero-order valence-corrected chi connectivity index (χ0v) is 15.0. The minimum atomic E-state index is -4.74. The molecule has 9 heteroatoms. The summed E-state index contributed by atoms with van der Waals surface area (Å²) < 4.78 is 53.1. The number of halogens is 4. The first-order valence-corrected chi connectivity index (χ1v) is 8.19. The molecular formula is C19H18F4N2O3. The second-order valence-electron chi connectivity index (χ2n) is 6.65. The Morgan fingerprint density at radius 3 is 2.25 bits per heavy atom. The lowest BCUT2D eigenvalue weighted by Crippen LogP contribution is -2.44. The second-order valence-corrected chi connectivity index (χ2v) is 6.65. The second kappa shape index (κ2) is 7.95. The number of rotatable bonds is 6. The first kappa shape index (κ1) is 21.3. The molecule has 0 aliphatic rings. The van der Waals surface area contributed by atoms with Gasteiger partial charge >= 0.3 is 12.1 Å². The van der Waals surface area contributed by atoms with Crippen LogP contribution in [0.15, 0.2) is 42.6 Å². The van der Waals surface area contributed by atoms with Crippen LogP contribution in [0.2, 0.25) is 0 Å². The van der Waals surface area contributed by atoms with E-state index in [2.05, 4.69) is 10.3 Å². The summed E-state index contributed by atoms with van der Waals surface area (Å²) >= 11 is 0. The van der Waals surface area contributed by atoms with Gasteiger partial charge in [-0.3, -0.25) is 14.6 Å². The van der Waals surface area contributed by atoms with Gasteiger partial charge in [0.1, 0.15) is 12.1 Å². The summed E-state index contributed by atoms with van der Waals surface area (Å²) in [7, 11) is 0. The largest absolute Gasteiger partial charge is 0.480 e. The third-order valence-corrected chi connectivity index (χ3v) is 4.26. The summed E-state index contributed by atoms with van der Waals surface area (Å²) in [6.07, 6.45) is -3.60. The Balaban J connectivity index is 2.57. The fourth-order valence-electron chi connectivity index (χ4n) is 2.40. The van der Waals surface area contributed by atoms with Crippen LogP contribution in [0, 0.1) is 5.41 Å². The van der Waals surface area contributed by atoms with Crippen molar-refractivity contribution in [2.75, 3.05) is 0 Å². The number of carboxylic acid groups (broad SMARTS) is 1. The van der Waals surface area contributed by atoms with Crippen molar-refractivity contribution in [3.63, 3.8) is 0 Å². The predicted molar refractivity (Wildman–Crippen MR) is 91.9 cm³/mol. The van der Waals surface area contributed by atoms with Crippen molar-refractivity contribution in [3.8, 4) is 0 Å². The van der Waals surface area contributed by atoms with Gasteiger partial charge in [0.25, 0.3) is 0 Å². The number of hydrogen-bond donors (Lipinski definition) is 2. The maximum atomic E-state index is 13.4. The molecule has 1 aromatic heterocycles. The molecule has 1 amide bonds. The number of alkyl halides is 4. The smallest absolute Gasteiger partial charge is 0.418 e. The summed E-state index contributed by atoms with van der Waals surface area (Å²) in [5.41, 5.74) is -2.93. The maximum absolute atomic E-state index is 13.4. The van der Waals surface area contributed by atoms with E-state index in [9.17, 15) is 32.3 Å². The normalized spacial score (nSPS) is 13.1. The Bertz CT molecular complexity index is 864. The average Bonchev–Trinajstić information content (AvgIpc) is 2.65. The molecule has 1 heterocycles. The molecular weight excluding hydrogens is 380 g/mol. The third-order valence-electron chi connectivity index (χ3n) is 4.26. The standard InChI is InChI=1S/C19H18F4N2O3/c1-18(2,17(27)28)16(26)25-14(12-7-5-11(10-20)6-8-12)15-13(19(21,22)23)4-3-9-24-15/h3-9,14H,10H2,1-2H3,(H,25,26)(H,27,28)/t14-/m0/s1. The summed E-state index contributed by atoms with van der Waals surface area (Å²) in [4.78, 5) is 27.6. The topological polar surface area (TPSA) is 79.3 Å². The van der Waals surface area contributed by atoms with Crippen LogP contribution in [0.4, 0.5) is 17.6 Å². The third kappa shape index (κ3) is 4.47. The van der Waals surface area contributed by atoms with Gasteiger partial charge in [-0.25, -0.2) is 4.39 Å². The number of aliphatic carboxylic acids is 1. The summed E-state index contributed by atoms with van der Waals surface area (Å²) in [6, 6.07) is 6.01. The van der Waals surface area contributed by atoms with E-state index in [4.69, 9.17) is 0 Å². The highest BCUT2D eigenvalue weighted by Gasteiger charge is 2.40. The Morgan fingerprint density at radius 2 is 1.75 bits per heavy atom. The van der Waals surface area contributed by atoms with E-state index in [0.717, 1.165) is 32.2 Å². The lowest BCUT2D eigenvalue weighted by atomic mass is 9.90. The number of nitrogens with one attached hydrogen (secondary N) is 1. The number of carbonyl (C=O) groups excluding carboxylic acids is 1. The first-order valence-electron chi connectivity index (χ1n) is 8.19. The molecule has 0 saturated heterocycles. The number of hydrogen-bond acceptors (Lipinski definition) is 3. The van der Waals surface area contributed by atoms with E-state index >= 15 is 0 Å². The number of carboxylic acids is 1. The monoisotopic (exact) mass is 398 g/mol. The molecule has 2 N–H and O–H groups in total. The lowest BCUT2D eigenvalue weighted by molar-refractivity contribution is -0.154. The summed E-state index contributed by atoms with van der Waals surface area (Å²) in [5, 5.41) is 11.6. The number of pyridine rings is 1. The van der Waals surface area contributed by atoms with Crippen molar-refractivity contribution in [2.45, 2.75) is 32.7 Å². The minimum Gasteiger partial charge on any atom is -0.480 e. The zero-order chi connectivity index (χ0) is 21.1. The van der Waals surface area contributed by atoms with Crippen molar-refractivity contribution >= 4 is 11.9 Å². The van der Waals surface area contributed by atoms with E-state index < -0.39 is 47.4 Å². The van der Waals surface area contributed by atoms with Gasteiger partial charge in [0.05, 0.1) is 17.3 Å². The highest BCUT2D eigenvalue weighted by molar-refractivity contribution is 6.01. The molecule has 0 radical (unpaired) electrons. The highest BCUT2D eigenvalue weighted by atomic mass is 19.4. The van der Waals surface area contributed by atoms with Gasteiger partial charge in [-0.2, -0.15) is 13.2 Å². The van der Waals surface area contributed by atoms with Gasteiger partial charge in [-0.15, -0.1) is 0 Å². The molecule has 0 fully saturated rings. The van der Waals surface area contributed by atoms with Crippen LogP contribution in [0.25, 0.3) is 0 Å². The zero-order valence-electron chi connectivity index (χ0n) is 15.0. The van der Waals surface area contributed by atoms with Gasteiger partial charge in [0.15, 0.2) is 0 Å².